The molecule has 0 spiro atoms. The molecule has 0 unspecified atom stereocenters. The van der Waals surface area contributed by atoms with Gasteiger partial charge in [0.1, 0.15) is 15.1 Å². The van der Waals surface area contributed by atoms with Gasteiger partial charge in [0, 0.05) is 12.1 Å². The molecule has 1 aromatic rings. The van der Waals surface area contributed by atoms with E-state index < -0.39 is 5.60 Å². The smallest absolute Gasteiger partial charge is 0.408 e. The third-order valence-corrected chi connectivity index (χ3v) is 5.02. The zero-order valence-electron chi connectivity index (χ0n) is 13.9. The number of alkyl carbamates (subject to hydrolysis) is 1. The maximum absolute atomic E-state index is 12.0. The molecule has 3 aliphatic rings. The van der Waals surface area contributed by atoms with Gasteiger partial charge in [-0.2, -0.15) is 0 Å². The molecule has 3 fully saturated rings. The number of nitrogens with one attached hydrogen (secondary N) is 1. The monoisotopic (exact) mass is 417 g/mol. The van der Waals surface area contributed by atoms with Gasteiger partial charge < -0.3 is 14.6 Å². The minimum Gasteiger partial charge on any atom is -0.444 e. The number of rotatable bonds is 3. The fourth-order valence-corrected chi connectivity index (χ4v) is 4.32. The number of hydrogen-bond acceptors (Lipinski definition) is 3. The second-order valence-electron chi connectivity index (χ2n) is 8.11. The summed E-state index contributed by atoms with van der Waals surface area (Å²) in [6, 6.07) is 0. The van der Waals surface area contributed by atoms with Crippen molar-refractivity contribution < 1.29 is 9.53 Å². The Bertz CT molecular complexity index is 596. The lowest BCUT2D eigenvalue weighted by atomic mass is 9.44. The molecule has 5 nitrogen and oxygen atoms in total. The second-order valence-corrected chi connectivity index (χ2v) is 9.21. The van der Waals surface area contributed by atoms with Crippen LogP contribution in [0.5, 0.6) is 0 Å². The average Bonchev–Trinajstić information content (AvgIpc) is 2.61. The lowest BCUT2D eigenvalue weighted by molar-refractivity contribution is -0.137. The van der Waals surface area contributed by atoms with Gasteiger partial charge in [0.25, 0.3) is 0 Å². The molecule has 3 saturated carbocycles. The van der Waals surface area contributed by atoms with E-state index in [0.717, 1.165) is 28.8 Å². The number of aromatic nitrogens is 2. The zero-order chi connectivity index (χ0) is 16.3. The highest BCUT2D eigenvalue weighted by atomic mass is 127. The van der Waals surface area contributed by atoms with Crippen LogP contribution in [0.25, 0.3) is 0 Å². The summed E-state index contributed by atoms with van der Waals surface area (Å²) in [5.41, 5.74) is -0.353. The Morgan fingerprint density at radius 3 is 2.50 bits per heavy atom. The number of nitrogens with zero attached hydrogens (tertiary/aromatic N) is 2. The summed E-state index contributed by atoms with van der Waals surface area (Å²) >= 11 is 2.27. The van der Waals surface area contributed by atoms with Crippen LogP contribution in [0.1, 0.15) is 65.6 Å². The molecule has 0 aliphatic heterocycles. The van der Waals surface area contributed by atoms with Crippen molar-refractivity contribution in [3.63, 3.8) is 0 Å². The van der Waals surface area contributed by atoms with Crippen molar-refractivity contribution in [3.05, 3.63) is 15.7 Å². The maximum atomic E-state index is 12.0. The summed E-state index contributed by atoms with van der Waals surface area (Å²) in [5.74, 6) is 1.56. The van der Waals surface area contributed by atoms with Crippen molar-refractivity contribution in [1.29, 1.82) is 0 Å². The Hall–Kier alpha value is -0.790. The lowest BCUT2D eigenvalue weighted by Crippen LogP contribution is -2.79. The summed E-state index contributed by atoms with van der Waals surface area (Å²) in [6.45, 7) is 10.0. The predicted molar refractivity (Wildman–Crippen MR) is 93.0 cm³/mol. The van der Waals surface area contributed by atoms with Crippen LogP contribution >= 0.6 is 22.6 Å². The van der Waals surface area contributed by atoms with Crippen LogP contribution in [0.4, 0.5) is 4.79 Å². The first-order valence-electron chi connectivity index (χ1n) is 7.81. The normalized spacial score (nSPS) is 29.8. The standard InChI is InChI=1S/C16H24IN3O2/c1-10(2)12-18-11(17)6-20(12)16-7-15(8-16,9-16)19-13(21)22-14(3,4)5/h6,10H,7-9H2,1-5H3,(H,19,21). The molecule has 1 N–H and O–H groups in total. The van der Waals surface area contributed by atoms with Gasteiger partial charge in [-0.3, -0.25) is 0 Å². The van der Waals surface area contributed by atoms with E-state index in [-0.39, 0.29) is 17.2 Å². The highest BCUT2D eigenvalue weighted by Gasteiger charge is 2.70. The topological polar surface area (TPSA) is 56.2 Å². The molecule has 22 heavy (non-hydrogen) atoms. The van der Waals surface area contributed by atoms with Gasteiger partial charge >= 0.3 is 6.09 Å². The SMILES string of the molecule is CC(C)c1nc(I)cn1C12CC(NC(=O)OC(C)(C)C)(C1)C2. The Labute approximate surface area is 145 Å². The molecule has 1 aromatic heterocycles. The van der Waals surface area contributed by atoms with E-state index in [2.05, 4.69) is 57.5 Å². The van der Waals surface area contributed by atoms with Crippen molar-refractivity contribution >= 4 is 28.7 Å². The van der Waals surface area contributed by atoms with Crippen LogP contribution in [-0.4, -0.2) is 26.8 Å². The molecule has 2 bridgehead atoms. The predicted octanol–water partition coefficient (Wildman–Crippen LogP) is 3.77. The highest BCUT2D eigenvalue weighted by Crippen LogP contribution is 2.65. The molecular weight excluding hydrogens is 393 g/mol. The molecule has 6 heteroatoms. The summed E-state index contributed by atoms with van der Waals surface area (Å²) in [7, 11) is 0. The minimum absolute atomic E-state index is 0.0632. The Morgan fingerprint density at radius 1 is 1.41 bits per heavy atom. The second kappa shape index (κ2) is 4.85. The number of hydrogen-bond donors (Lipinski definition) is 1. The maximum Gasteiger partial charge on any atom is 0.408 e. The molecule has 3 aliphatic carbocycles. The average molecular weight is 417 g/mol. The van der Waals surface area contributed by atoms with Crippen molar-refractivity contribution in [2.24, 2.45) is 0 Å². The molecule has 0 atom stereocenters. The first kappa shape index (κ1) is 16.1. The number of ether oxygens (including phenoxy) is 1. The number of halogens is 1. The van der Waals surface area contributed by atoms with E-state index in [1.165, 1.54) is 0 Å². The van der Waals surface area contributed by atoms with Crippen LogP contribution in [0, 0.1) is 3.70 Å². The van der Waals surface area contributed by atoms with E-state index in [4.69, 9.17) is 4.74 Å². The van der Waals surface area contributed by atoms with Gasteiger partial charge in [-0.05, 0) is 62.6 Å². The summed E-state index contributed by atoms with van der Waals surface area (Å²) in [4.78, 5) is 16.6. The van der Waals surface area contributed by atoms with E-state index in [9.17, 15) is 4.79 Å². The van der Waals surface area contributed by atoms with Crippen LogP contribution in [0.3, 0.4) is 0 Å². The molecule has 0 radical (unpaired) electrons. The first-order chi connectivity index (χ1) is 10.0. The van der Waals surface area contributed by atoms with E-state index in [0.29, 0.717) is 5.92 Å². The molecular formula is C16H24IN3O2. The Morgan fingerprint density at radius 2 is 2.00 bits per heavy atom. The van der Waals surface area contributed by atoms with Crippen molar-refractivity contribution in [2.75, 3.05) is 0 Å². The molecule has 0 saturated heterocycles. The number of carbonyl (C=O) groups excluding carboxylic acids is 1. The first-order valence-corrected chi connectivity index (χ1v) is 8.89. The third kappa shape index (κ3) is 2.63. The zero-order valence-corrected chi connectivity index (χ0v) is 16.0. The molecule has 1 amide bonds. The fraction of sp³-hybridized carbons (Fsp3) is 0.750. The van der Waals surface area contributed by atoms with Crippen molar-refractivity contribution in [3.8, 4) is 0 Å². The molecule has 122 valence electrons. The van der Waals surface area contributed by atoms with E-state index in [1.54, 1.807) is 0 Å². The quantitative estimate of drug-likeness (QED) is 0.762. The van der Waals surface area contributed by atoms with Gasteiger partial charge in [0.05, 0.1) is 11.1 Å². The summed E-state index contributed by atoms with van der Waals surface area (Å²) < 4.78 is 8.76. The highest BCUT2D eigenvalue weighted by molar-refractivity contribution is 14.1. The van der Waals surface area contributed by atoms with E-state index >= 15 is 0 Å². The fourth-order valence-electron chi connectivity index (χ4n) is 3.79. The van der Waals surface area contributed by atoms with Crippen molar-refractivity contribution in [2.45, 2.75) is 76.5 Å². The third-order valence-electron chi connectivity index (χ3n) is 4.50. The van der Waals surface area contributed by atoms with Crippen molar-refractivity contribution in [1.82, 2.24) is 14.9 Å². The summed E-state index contributed by atoms with van der Waals surface area (Å²) in [6.07, 6.45) is 4.78. The largest absolute Gasteiger partial charge is 0.444 e. The van der Waals surface area contributed by atoms with Gasteiger partial charge in [0.15, 0.2) is 0 Å². The Balaban J connectivity index is 1.66. The van der Waals surface area contributed by atoms with Crippen LogP contribution in [0.15, 0.2) is 6.20 Å². The van der Waals surface area contributed by atoms with Gasteiger partial charge in [0.2, 0.25) is 0 Å². The summed E-state index contributed by atoms with van der Waals surface area (Å²) in [5, 5.41) is 3.07. The van der Waals surface area contributed by atoms with Crippen LogP contribution < -0.4 is 5.32 Å². The number of carbonyl (C=O) groups is 1. The van der Waals surface area contributed by atoms with Gasteiger partial charge in [-0.1, -0.05) is 13.8 Å². The van der Waals surface area contributed by atoms with E-state index in [1.807, 2.05) is 20.8 Å². The molecule has 4 rings (SSSR count). The lowest BCUT2D eigenvalue weighted by Gasteiger charge is -2.70. The molecule has 1 heterocycles. The molecule has 0 aromatic carbocycles. The number of imidazole rings is 1. The van der Waals surface area contributed by atoms with Crippen LogP contribution in [0.2, 0.25) is 0 Å². The minimum atomic E-state index is -0.448. The number of amides is 1. The van der Waals surface area contributed by atoms with Gasteiger partial charge in [-0.25, -0.2) is 9.78 Å². The van der Waals surface area contributed by atoms with Crippen LogP contribution in [-0.2, 0) is 10.3 Å². The Kier molecular flexibility index (Phi) is 3.55. The van der Waals surface area contributed by atoms with Gasteiger partial charge in [-0.15, -0.1) is 0 Å².